The molecule has 7 heteroatoms. The van der Waals surface area contributed by atoms with Crippen molar-refractivity contribution in [1.29, 1.82) is 0 Å². The van der Waals surface area contributed by atoms with E-state index in [1.165, 1.54) is 6.21 Å². The number of hydrogen-bond donors (Lipinski definition) is 1. The van der Waals surface area contributed by atoms with Gasteiger partial charge in [-0.3, -0.25) is 4.79 Å². The van der Waals surface area contributed by atoms with E-state index >= 15 is 0 Å². The molecule has 3 aromatic carbocycles. The van der Waals surface area contributed by atoms with Crippen molar-refractivity contribution in [3.63, 3.8) is 0 Å². The molecular formula is C26H27BrN2O4. The van der Waals surface area contributed by atoms with Gasteiger partial charge in [-0.1, -0.05) is 42.5 Å². The van der Waals surface area contributed by atoms with Crippen LogP contribution in [0.3, 0.4) is 0 Å². The minimum absolute atomic E-state index is 0.123. The summed E-state index contributed by atoms with van der Waals surface area (Å²) in [6, 6.07) is 17.5. The van der Waals surface area contributed by atoms with Gasteiger partial charge in [0, 0.05) is 0 Å². The monoisotopic (exact) mass is 510 g/mol. The molecule has 0 aliphatic heterocycles. The van der Waals surface area contributed by atoms with Gasteiger partial charge in [-0.05, 0) is 76.7 Å². The first-order chi connectivity index (χ1) is 15.9. The van der Waals surface area contributed by atoms with Crippen LogP contribution in [0.5, 0.6) is 17.2 Å². The van der Waals surface area contributed by atoms with E-state index in [4.69, 9.17) is 14.2 Å². The summed E-state index contributed by atoms with van der Waals surface area (Å²) in [5.41, 5.74) is 7.41. The summed E-state index contributed by atoms with van der Waals surface area (Å²) in [5.74, 6) is 1.54. The Morgan fingerprint density at radius 2 is 1.73 bits per heavy atom. The topological polar surface area (TPSA) is 69.2 Å². The molecule has 33 heavy (non-hydrogen) atoms. The maximum absolute atomic E-state index is 12.2. The molecule has 1 amide bonds. The summed E-state index contributed by atoms with van der Waals surface area (Å²) < 4.78 is 17.9. The van der Waals surface area contributed by atoms with Crippen LogP contribution in [0.2, 0.25) is 0 Å². The lowest BCUT2D eigenvalue weighted by atomic mass is 10.1. The largest absolute Gasteiger partial charge is 0.493 e. The number of hydrazone groups is 1. The molecule has 172 valence electrons. The lowest BCUT2D eigenvalue weighted by molar-refractivity contribution is -0.123. The van der Waals surface area contributed by atoms with E-state index in [2.05, 4.69) is 26.5 Å². The second kappa shape index (κ2) is 11.5. The van der Waals surface area contributed by atoms with Crippen molar-refractivity contribution in [2.75, 3.05) is 13.7 Å². The van der Waals surface area contributed by atoms with Gasteiger partial charge in [0.15, 0.2) is 18.1 Å². The molecular weight excluding hydrogens is 484 g/mol. The molecule has 0 aromatic heterocycles. The minimum atomic E-state index is -0.347. The Morgan fingerprint density at radius 3 is 2.45 bits per heavy atom. The first kappa shape index (κ1) is 24.3. The summed E-state index contributed by atoms with van der Waals surface area (Å²) in [6.45, 7) is 6.24. The number of nitrogens with zero attached hydrogens (tertiary/aromatic N) is 1. The fraction of sp³-hybridized carbons (Fsp3) is 0.231. The summed E-state index contributed by atoms with van der Waals surface area (Å²) in [6.07, 6.45) is 1.54. The Labute approximate surface area is 202 Å². The third kappa shape index (κ3) is 6.58. The highest BCUT2D eigenvalue weighted by Crippen LogP contribution is 2.36. The third-order valence-electron chi connectivity index (χ3n) is 5.10. The van der Waals surface area contributed by atoms with Crippen LogP contribution in [-0.4, -0.2) is 25.8 Å². The fourth-order valence-corrected chi connectivity index (χ4v) is 3.75. The van der Waals surface area contributed by atoms with Gasteiger partial charge in [0.1, 0.15) is 12.4 Å². The number of benzene rings is 3. The Hall–Kier alpha value is -3.32. The smallest absolute Gasteiger partial charge is 0.277 e. The summed E-state index contributed by atoms with van der Waals surface area (Å²) in [4.78, 5) is 12.2. The number of rotatable bonds is 9. The standard InChI is InChI=1S/C26H27BrN2O4/c1-17-10-11-18(2)25(19(17)3)33-16-24(30)29-28-14-21-12-22(27)26(23(13-21)31-4)32-15-20-8-6-5-7-9-20/h5-14H,15-16H2,1-4H3,(H,29,30)/b28-14+. The van der Waals surface area contributed by atoms with Crippen LogP contribution in [0.25, 0.3) is 0 Å². The predicted molar refractivity (Wildman–Crippen MR) is 133 cm³/mol. The fourth-order valence-electron chi connectivity index (χ4n) is 3.18. The Kier molecular flexibility index (Phi) is 8.49. The van der Waals surface area contributed by atoms with E-state index in [1.807, 2.05) is 69.3 Å². The van der Waals surface area contributed by atoms with Gasteiger partial charge in [0.25, 0.3) is 5.91 Å². The number of nitrogens with one attached hydrogen (secondary N) is 1. The minimum Gasteiger partial charge on any atom is -0.493 e. The molecule has 0 aliphatic rings. The van der Waals surface area contributed by atoms with Crippen LogP contribution in [0.15, 0.2) is 64.2 Å². The van der Waals surface area contributed by atoms with Crippen LogP contribution in [0, 0.1) is 20.8 Å². The molecule has 0 unspecified atom stereocenters. The quantitative estimate of drug-likeness (QED) is 0.305. The van der Waals surface area contributed by atoms with Crippen molar-refractivity contribution in [3.8, 4) is 17.2 Å². The first-order valence-electron chi connectivity index (χ1n) is 10.4. The summed E-state index contributed by atoms with van der Waals surface area (Å²) in [7, 11) is 1.58. The number of hydrogen-bond acceptors (Lipinski definition) is 5. The third-order valence-corrected chi connectivity index (χ3v) is 5.69. The van der Waals surface area contributed by atoms with E-state index in [1.54, 1.807) is 13.2 Å². The van der Waals surface area contributed by atoms with Crippen LogP contribution in [0.1, 0.15) is 27.8 Å². The van der Waals surface area contributed by atoms with Crippen molar-refractivity contribution in [3.05, 3.63) is 86.9 Å². The lowest BCUT2D eigenvalue weighted by Crippen LogP contribution is -2.25. The van der Waals surface area contributed by atoms with Gasteiger partial charge in [-0.15, -0.1) is 0 Å². The lowest BCUT2D eigenvalue weighted by Gasteiger charge is -2.14. The van der Waals surface area contributed by atoms with E-state index in [-0.39, 0.29) is 12.5 Å². The zero-order chi connectivity index (χ0) is 23.8. The van der Waals surface area contributed by atoms with Crippen molar-refractivity contribution < 1.29 is 19.0 Å². The Morgan fingerprint density at radius 1 is 1.00 bits per heavy atom. The predicted octanol–water partition coefficient (Wildman–Crippen LogP) is 5.49. The number of carbonyl (C=O) groups is 1. The Balaban J connectivity index is 1.60. The van der Waals surface area contributed by atoms with Crippen LogP contribution >= 0.6 is 15.9 Å². The van der Waals surface area contributed by atoms with Gasteiger partial charge >= 0.3 is 0 Å². The van der Waals surface area contributed by atoms with E-state index in [0.29, 0.717) is 18.1 Å². The maximum Gasteiger partial charge on any atom is 0.277 e. The van der Waals surface area contributed by atoms with E-state index in [0.717, 1.165) is 38.0 Å². The van der Waals surface area contributed by atoms with Crippen molar-refractivity contribution in [2.24, 2.45) is 5.10 Å². The number of halogens is 1. The van der Waals surface area contributed by atoms with E-state index in [9.17, 15) is 4.79 Å². The molecule has 0 fully saturated rings. The average Bonchev–Trinajstić information content (AvgIpc) is 2.81. The van der Waals surface area contributed by atoms with Crippen LogP contribution < -0.4 is 19.6 Å². The molecule has 3 rings (SSSR count). The van der Waals surface area contributed by atoms with Crippen LogP contribution in [-0.2, 0) is 11.4 Å². The number of carbonyl (C=O) groups excluding carboxylic acids is 1. The molecule has 0 atom stereocenters. The molecule has 1 N–H and O–H groups in total. The second-order valence-corrected chi connectivity index (χ2v) is 8.40. The van der Waals surface area contributed by atoms with Gasteiger partial charge in [-0.25, -0.2) is 5.43 Å². The normalized spacial score (nSPS) is 10.8. The van der Waals surface area contributed by atoms with Gasteiger partial charge in [-0.2, -0.15) is 5.10 Å². The molecule has 0 heterocycles. The molecule has 0 spiro atoms. The molecule has 0 aliphatic carbocycles. The number of methoxy groups -OCH3 is 1. The molecule has 6 nitrogen and oxygen atoms in total. The molecule has 0 saturated carbocycles. The average molecular weight is 511 g/mol. The highest BCUT2D eigenvalue weighted by atomic mass is 79.9. The van der Waals surface area contributed by atoms with Crippen LogP contribution in [0.4, 0.5) is 0 Å². The van der Waals surface area contributed by atoms with E-state index < -0.39 is 0 Å². The van der Waals surface area contributed by atoms with Crippen molar-refractivity contribution in [1.82, 2.24) is 5.43 Å². The van der Waals surface area contributed by atoms with Gasteiger partial charge < -0.3 is 14.2 Å². The highest BCUT2D eigenvalue weighted by molar-refractivity contribution is 9.10. The zero-order valence-corrected chi connectivity index (χ0v) is 20.7. The summed E-state index contributed by atoms with van der Waals surface area (Å²) >= 11 is 3.53. The maximum atomic E-state index is 12.2. The number of ether oxygens (including phenoxy) is 3. The SMILES string of the molecule is COc1cc(/C=N/NC(=O)COc2c(C)ccc(C)c2C)cc(Br)c1OCc1ccccc1. The summed E-state index contributed by atoms with van der Waals surface area (Å²) in [5, 5.41) is 4.03. The van der Waals surface area contributed by atoms with Gasteiger partial charge in [0.05, 0.1) is 17.8 Å². The highest BCUT2D eigenvalue weighted by Gasteiger charge is 2.12. The van der Waals surface area contributed by atoms with Gasteiger partial charge in [0.2, 0.25) is 0 Å². The Bertz CT molecular complexity index is 1150. The van der Waals surface area contributed by atoms with Crippen molar-refractivity contribution >= 4 is 28.1 Å². The first-order valence-corrected chi connectivity index (χ1v) is 11.2. The number of aryl methyl sites for hydroxylation is 2. The molecule has 0 saturated heterocycles. The molecule has 0 radical (unpaired) electrons. The zero-order valence-electron chi connectivity index (χ0n) is 19.1. The van der Waals surface area contributed by atoms with Crippen molar-refractivity contribution in [2.45, 2.75) is 27.4 Å². The second-order valence-electron chi connectivity index (χ2n) is 7.54. The molecule has 0 bridgehead atoms. The number of amides is 1. The molecule has 3 aromatic rings.